The maximum absolute atomic E-state index is 11.4. The molecule has 1 aliphatic heterocycles. The van der Waals surface area contributed by atoms with E-state index in [1.807, 2.05) is 4.90 Å². The average molecular weight is 391 g/mol. The third-order valence-corrected chi connectivity index (χ3v) is 4.44. The van der Waals surface area contributed by atoms with Crippen LogP contribution in [0.1, 0.15) is 24.6 Å². The van der Waals surface area contributed by atoms with Crippen molar-refractivity contribution in [3.05, 3.63) is 25.7 Å². The molecule has 0 unspecified atom stereocenters. The molecule has 12 heteroatoms. The molecule has 138 valence electrons. The van der Waals surface area contributed by atoms with Crippen molar-refractivity contribution in [1.29, 1.82) is 0 Å². The fraction of sp³-hybridized carbons (Fsp3) is 0.615. The number of ether oxygens (including phenoxy) is 1. The minimum absolute atomic E-state index is 0.191. The summed E-state index contributed by atoms with van der Waals surface area (Å²) in [5, 5.41) is 16.3. The maximum Gasteiger partial charge on any atom is 0.305 e. The largest absolute Gasteiger partial charge is 0.466 e. The summed E-state index contributed by atoms with van der Waals surface area (Å²) in [7, 11) is 0. The number of nitrogens with zero attached hydrogens (tertiary/aromatic N) is 5. The Morgan fingerprint density at radius 3 is 3.08 bits per heavy atom. The molecule has 0 amide bonds. The molecular formula is C13H19ClN6O4S. The van der Waals surface area contributed by atoms with Crippen molar-refractivity contribution in [2.45, 2.75) is 26.3 Å². The molecule has 0 spiro atoms. The first kappa shape index (κ1) is 19.3. The summed E-state index contributed by atoms with van der Waals surface area (Å²) in [5.41, 5.74) is 0. The van der Waals surface area contributed by atoms with Crippen molar-refractivity contribution in [3.8, 4) is 0 Å². The molecule has 2 rings (SSSR count). The quantitative estimate of drug-likeness (QED) is 0.401. The van der Waals surface area contributed by atoms with Gasteiger partial charge in [0.2, 0.25) is 0 Å². The van der Waals surface area contributed by atoms with E-state index in [-0.39, 0.29) is 11.9 Å². The van der Waals surface area contributed by atoms with Crippen molar-refractivity contribution in [2.24, 2.45) is 5.10 Å². The summed E-state index contributed by atoms with van der Waals surface area (Å²) in [6.45, 7) is 4.05. The molecule has 1 N–H and O–H groups in total. The lowest BCUT2D eigenvalue weighted by atomic mass is 10.3. The molecule has 1 aromatic rings. The number of thiazole rings is 1. The molecule has 0 saturated carbocycles. The second-order valence-corrected chi connectivity index (χ2v) is 6.92. The molecule has 25 heavy (non-hydrogen) atoms. The molecule has 1 saturated heterocycles. The Balaban J connectivity index is 1.93. The van der Waals surface area contributed by atoms with E-state index < -0.39 is 5.03 Å². The van der Waals surface area contributed by atoms with Crippen LogP contribution in [-0.4, -0.2) is 58.2 Å². The standard InChI is InChI=1S/C13H19ClN6O4S/c1-2-24-11(21)4-3-5-18-8-16-13(17-20(22)23)19(9-18)7-10-6-15-12(14)25-10/h6H,2-5,7-9H2,1H3,(H,16,17). The zero-order valence-corrected chi connectivity index (χ0v) is 15.3. The lowest BCUT2D eigenvalue weighted by molar-refractivity contribution is -0.486. The molecular weight excluding hydrogens is 372 g/mol. The van der Waals surface area contributed by atoms with Crippen LogP contribution >= 0.6 is 22.9 Å². The summed E-state index contributed by atoms with van der Waals surface area (Å²) in [4.78, 5) is 30.7. The van der Waals surface area contributed by atoms with E-state index in [9.17, 15) is 14.9 Å². The zero-order chi connectivity index (χ0) is 18.2. The van der Waals surface area contributed by atoms with Crippen molar-refractivity contribution in [1.82, 2.24) is 20.1 Å². The molecule has 0 bridgehead atoms. The van der Waals surface area contributed by atoms with Crippen molar-refractivity contribution in [3.63, 3.8) is 0 Å². The smallest absolute Gasteiger partial charge is 0.305 e. The minimum Gasteiger partial charge on any atom is -0.466 e. The summed E-state index contributed by atoms with van der Waals surface area (Å²) < 4.78 is 5.31. The number of hydrogen-bond acceptors (Lipinski definition) is 7. The van der Waals surface area contributed by atoms with Crippen LogP contribution in [0.5, 0.6) is 0 Å². The van der Waals surface area contributed by atoms with E-state index in [0.29, 0.717) is 50.3 Å². The molecule has 0 aliphatic carbocycles. The number of aromatic nitrogens is 1. The Hall–Kier alpha value is -1.98. The molecule has 2 heterocycles. The SMILES string of the molecule is CCOC(=O)CCCN1CN/C(=N\[N+](=O)[O-])N(Cc2cnc(Cl)s2)C1. The third kappa shape index (κ3) is 6.44. The van der Waals surface area contributed by atoms with Crippen LogP contribution in [0.2, 0.25) is 4.47 Å². The predicted octanol–water partition coefficient (Wildman–Crippen LogP) is 1.31. The van der Waals surface area contributed by atoms with E-state index in [1.165, 1.54) is 11.3 Å². The zero-order valence-electron chi connectivity index (χ0n) is 13.7. The van der Waals surface area contributed by atoms with Crippen LogP contribution in [0.3, 0.4) is 0 Å². The molecule has 10 nitrogen and oxygen atoms in total. The average Bonchev–Trinajstić information content (AvgIpc) is 2.95. The van der Waals surface area contributed by atoms with Gasteiger partial charge in [-0.05, 0) is 13.3 Å². The van der Waals surface area contributed by atoms with Gasteiger partial charge in [0.25, 0.3) is 5.96 Å². The van der Waals surface area contributed by atoms with Gasteiger partial charge in [-0.1, -0.05) is 11.6 Å². The molecule has 0 aromatic carbocycles. The van der Waals surface area contributed by atoms with E-state index in [0.717, 1.165) is 4.88 Å². The lowest BCUT2D eigenvalue weighted by Crippen LogP contribution is -2.56. The van der Waals surface area contributed by atoms with Gasteiger partial charge >= 0.3 is 5.97 Å². The van der Waals surface area contributed by atoms with Gasteiger partial charge < -0.3 is 15.0 Å². The normalized spacial score (nSPS) is 16.7. The Morgan fingerprint density at radius 2 is 2.44 bits per heavy atom. The highest BCUT2D eigenvalue weighted by molar-refractivity contribution is 7.15. The Morgan fingerprint density at radius 1 is 1.64 bits per heavy atom. The number of carbonyl (C=O) groups is 1. The van der Waals surface area contributed by atoms with Crippen LogP contribution in [0.25, 0.3) is 0 Å². The number of halogens is 1. The van der Waals surface area contributed by atoms with Crippen molar-refractivity contribution >= 4 is 34.9 Å². The van der Waals surface area contributed by atoms with Crippen molar-refractivity contribution in [2.75, 3.05) is 26.5 Å². The highest BCUT2D eigenvalue weighted by atomic mass is 35.5. The van der Waals surface area contributed by atoms with Gasteiger partial charge in [0.1, 0.15) is 5.10 Å². The number of hydrazone groups is 1. The maximum atomic E-state index is 11.4. The number of carbonyl (C=O) groups excluding carboxylic acids is 1. The third-order valence-electron chi connectivity index (χ3n) is 3.34. The van der Waals surface area contributed by atoms with Gasteiger partial charge in [-0.25, -0.2) is 15.1 Å². The van der Waals surface area contributed by atoms with Crippen LogP contribution in [0.4, 0.5) is 0 Å². The van der Waals surface area contributed by atoms with Crippen LogP contribution in [0.15, 0.2) is 11.3 Å². The highest BCUT2D eigenvalue weighted by Gasteiger charge is 2.25. The number of rotatable bonds is 8. The summed E-state index contributed by atoms with van der Waals surface area (Å²) in [6, 6.07) is 0. The van der Waals surface area contributed by atoms with E-state index in [4.69, 9.17) is 16.3 Å². The van der Waals surface area contributed by atoms with E-state index >= 15 is 0 Å². The first-order valence-electron chi connectivity index (χ1n) is 7.68. The van der Waals surface area contributed by atoms with Crippen LogP contribution in [-0.2, 0) is 16.1 Å². The number of nitro groups is 1. The first-order valence-corrected chi connectivity index (χ1v) is 8.87. The summed E-state index contributed by atoms with van der Waals surface area (Å²) >= 11 is 7.14. The van der Waals surface area contributed by atoms with Gasteiger partial charge in [0, 0.05) is 24.0 Å². The minimum atomic E-state index is -0.731. The topological polar surface area (TPSA) is 113 Å². The number of guanidine groups is 1. The number of hydrogen-bond donors (Lipinski definition) is 1. The molecule has 0 radical (unpaired) electrons. The molecule has 1 aromatic heterocycles. The Labute approximate surface area is 153 Å². The number of esters is 1. The van der Waals surface area contributed by atoms with E-state index in [1.54, 1.807) is 18.0 Å². The van der Waals surface area contributed by atoms with Crippen molar-refractivity contribution < 1.29 is 14.6 Å². The molecule has 1 fully saturated rings. The fourth-order valence-electron chi connectivity index (χ4n) is 2.33. The van der Waals surface area contributed by atoms with Gasteiger partial charge in [-0.3, -0.25) is 9.69 Å². The van der Waals surface area contributed by atoms with Crippen LogP contribution in [0, 0.1) is 10.1 Å². The lowest BCUT2D eigenvalue weighted by Gasteiger charge is -2.36. The number of nitrogens with one attached hydrogen (secondary N) is 1. The monoisotopic (exact) mass is 390 g/mol. The molecule has 1 aliphatic rings. The van der Waals surface area contributed by atoms with Gasteiger partial charge in [-0.2, -0.15) is 0 Å². The summed E-state index contributed by atoms with van der Waals surface area (Å²) in [5.74, 6) is -0.0320. The highest BCUT2D eigenvalue weighted by Crippen LogP contribution is 2.20. The summed E-state index contributed by atoms with van der Waals surface area (Å²) in [6.07, 6.45) is 2.61. The Bertz CT molecular complexity index is 640. The van der Waals surface area contributed by atoms with Gasteiger partial charge in [0.05, 0.1) is 26.5 Å². The second-order valence-electron chi connectivity index (χ2n) is 5.22. The Kier molecular flexibility index (Phi) is 7.34. The van der Waals surface area contributed by atoms with Gasteiger partial charge in [-0.15, -0.1) is 11.3 Å². The fourth-order valence-corrected chi connectivity index (χ4v) is 3.32. The van der Waals surface area contributed by atoms with E-state index in [2.05, 4.69) is 15.4 Å². The van der Waals surface area contributed by atoms with Gasteiger partial charge in [0.15, 0.2) is 9.50 Å². The molecule has 0 atom stereocenters. The van der Waals surface area contributed by atoms with Crippen LogP contribution < -0.4 is 5.32 Å². The second kappa shape index (κ2) is 9.49. The predicted molar refractivity (Wildman–Crippen MR) is 92.5 cm³/mol. The first-order chi connectivity index (χ1) is 12.0.